The molecular weight excluding hydrogens is 388 g/mol. The topological polar surface area (TPSA) is 0 Å². The zero-order valence-corrected chi connectivity index (χ0v) is 18.5. The Hall–Kier alpha value is -3.68. The predicted octanol–water partition coefficient (Wildman–Crippen LogP) is 7.49. The molecule has 0 fully saturated rings. The van der Waals surface area contributed by atoms with Crippen LogP contribution < -0.4 is 0 Å². The van der Waals surface area contributed by atoms with Crippen LogP contribution in [0, 0.1) is 0 Å². The van der Waals surface area contributed by atoms with E-state index in [1.165, 1.54) is 65.0 Å². The minimum absolute atomic E-state index is 0.212. The Labute approximate surface area is 182 Å². The lowest BCUT2D eigenvalue weighted by Crippen LogP contribution is -1.89. The maximum Gasteiger partial charge on any atom is 0.0700 e. The van der Waals surface area contributed by atoms with Crippen LogP contribution in [-0.4, -0.2) is 9.52 Å². The van der Waals surface area contributed by atoms with Crippen LogP contribution >= 0.6 is 0 Å². The fourth-order valence-electron chi connectivity index (χ4n) is 5.27. The Balaban J connectivity index is 1.65. The van der Waals surface area contributed by atoms with Gasteiger partial charge in [-0.3, -0.25) is 0 Å². The molecule has 6 aromatic carbocycles. The van der Waals surface area contributed by atoms with Gasteiger partial charge >= 0.3 is 0 Å². The van der Waals surface area contributed by atoms with E-state index >= 15 is 0 Å². The van der Waals surface area contributed by atoms with Crippen molar-refractivity contribution < 1.29 is 0 Å². The molecule has 0 nitrogen and oxygen atoms in total. The summed E-state index contributed by atoms with van der Waals surface area (Å²) < 4.78 is 0. The van der Waals surface area contributed by atoms with Crippen molar-refractivity contribution in [2.24, 2.45) is 0 Å². The van der Waals surface area contributed by atoms with E-state index in [0.717, 1.165) is 0 Å². The zero-order valence-electron chi connectivity index (χ0n) is 17.1. The molecule has 0 aromatic heterocycles. The zero-order chi connectivity index (χ0) is 20.4. The van der Waals surface area contributed by atoms with Gasteiger partial charge in [0.2, 0.25) is 0 Å². The number of hydrogen-bond acceptors (Lipinski definition) is 0. The van der Waals surface area contributed by atoms with E-state index in [2.05, 4.69) is 108 Å². The number of allylic oxidation sites excluding steroid dienone is 2. The molecule has 1 heterocycles. The van der Waals surface area contributed by atoms with E-state index in [0.29, 0.717) is 0 Å². The molecule has 0 saturated carbocycles. The van der Waals surface area contributed by atoms with Crippen LogP contribution in [0.25, 0.3) is 59.4 Å². The van der Waals surface area contributed by atoms with Gasteiger partial charge in [0.15, 0.2) is 0 Å². The summed E-state index contributed by atoms with van der Waals surface area (Å²) in [6, 6.07) is 33.9. The molecule has 0 N–H and O–H groups in total. The molecule has 0 unspecified atom stereocenters. The molecule has 7 rings (SSSR count). The van der Waals surface area contributed by atoms with Gasteiger partial charge in [0.1, 0.15) is 0 Å². The molecule has 1 aliphatic heterocycles. The van der Waals surface area contributed by atoms with Crippen molar-refractivity contribution in [2.75, 3.05) is 0 Å². The Morgan fingerprint density at radius 2 is 1.10 bits per heavy atom. The van der Waals surface area contributed by atoms with Crippen molar-refractivity contribution in [3.8, 4) is 0 Å². The number of benzene rings is 6. The van der Waals surface area contributed by atoms with E-state index < -0.39 is 0 Å². The van der Waals surface area contributed by atoms with E-state index in [1.807, 2.05) is 0 Å². The monoisotopic (exact) mass is 408 g/mol. The molecule has 0 saturated heterocycles. The van der Waals surface area contributed by atoms with E-state index in [9.17, 15) is 0 Å². The number of hydrogen-bond donors (Lipinski definition) is 0. The summed E-state index contributed by atoms with van der Waals surface area (Å²) >= 11 is 0. The molecule has 144 valence electrons. The Kier molecular flexibility index (Phi) is 3.52. The van der Waals surface area contributed by atoms with Gasteiger partial charge in [-0.15, -0.1) is 0 Å². The third kappa shape index (κ3) is 2.54. The molecule has 0 atom stereocenters. The van der Waals surface area contributed by atoms with Gasteiger partial charge in [-0.05, 0) is 95.3 Å². The van der Waals surface area contributed by atoms with Gasteiger partial charge in [0.25, 0.3) is 0 Å². The quantitative estimate of drug-likeness (QED) is 0.150. The van der Waals surface area contributed by atoms with E-state index in [-0.39, 0.29) is 9.52 Å². The summed E-state index contributed by atoms with van der Waals surface area (Å²) in [5.74, 6) is 0. The highest BCUT2D eigenvalue weighted by atomic mass is 28.2. The van der Waals surface area contributed by atoms with Crippen LogP contribution in [0.5, 0.6) is 0 Å². The molecule has 31 heavy (non-hydrogen) atoms. The van der Waals surface area contributed by atoms with Gasteiger partial charge in [0, 0.05) is 0 Å². The number of rotatable bonds is 1. The third-order valence-corrected chi connectivity index (χ3v) is 7.93. The lowest BCUT2D eigenvalue weighted by molar-refractivity contribution is 1.74. The number of fused-ring (bicyclic) bond motifs is 6. The summed E-state index contributed by atoms with van der Waals surface area (Å²) in [6.45, 7) is 0. The van der Waals surface area contributed by atoms with Crippen LogP contribution in [0.4, 0.5) is 0 Å². The van der Waals surface area contributed by atoms with E-state index in [1.54, 1.807) is 0 Å². The second kappa shape index (κ2) is 6.41. The average molecular weight is 409 g/mol. The molecule has 6 aromatic rings. The Bertz CT molecular complexity index is 1750. The molecule has 0 spiro atoms. The second-order valence-corrected chi connectivity index (χ2v) is 9.90. The van der Waals surface area contributed by atoms with Crippen molar-refractivity contribution in [3.05, 3.63) is 114 Å². The van der Waals surface area contributed by atoms with Crippen molar-refractivity contribution in [2.45, 2.75) is 0 Å². The van der Waals surface area contributed by atoms with Gasteiger partial charge in [-0.2, -0.15) is 0 Å². The minimum Gasteiger partial charge on any atom is -0.0963 e. The standard InChI is InChI=1S/C30H20Si/c1-2-6-20-14-25-17-28-22(15-24(25)13-19(20)5-1)9-10-27-29(28)16-21-7-3-4-8-26(21)30(27)23-11-12-31-18-23/h1-18H,31H2. The largest absolute Gasteiger partial charge is 0.0963 e. The van der Waals surface area contributed by atoms with Crippen LogP contribution in [0.2, 0.25) is 0 Å². The maximum absolute atomic E-state index is 2.48. The minimum atomic E-state index is -0.212. The fraction of sp³-hybridized carbons (Fsp3) is 0. The molecule has 0 amide bonds. The van der Waals surface area contributed by atoms with Crippen molar-refractivity contribution in [3.63, 3.8) is 0 Å². The first kappa shape index (κ1) is 17.0. The SMILES string of the molecule is C1=CC(c2c3ccccc3cc3c2ccc2cc4cc5ccccc5cc4cc23)=C[SiH2]1. The lowest BCUT2D eigenvalue weighted by atomic mass is 9.89. The van der Waals surface area contributed by atoms with Gasteiger partial charge in [-0.25, -0.2) is 0 Å². The van der Waals surface area contributed by atoms with Crippen molar-refractivity contribution in [1.29, 1.82) is 0 Å². The molecule has 1 aliphatic rings. The van der Waals surface area contributed by atoms with Gasteiger partial charge in [-0.1, -0.05) is 78.1 Å². The smallest absolute Gasteiger partial charge is 0.0700 e. The third-order valence-electron chi connectivity index (χ3n) is 6.74. The fourth-order valence-corrected chi connectivity index (χ4v) is 6.39. The summed E-state index contributed by atoms with van der Waals surface area (Å²) in [4.78, 5) is 0. The van der Waals surface area contributed by atoms with Crippen molar-refractivity contribution in [1.82, 2.24) is 0 Å². The van der Waals surface area contributed by atoms with Crippen LogP contribution in [0.1, 0.15) is 5.56 Å². The molecular formula is C30H20Si. The molecule has 0 radical (unpaired) electrons. The molecule has 0 aliphatic carbocycles. The summed E-state index contributed by atoms with van der Waals surface area (Å²) in [6.07, 6.45) is 2.34. The van der Waals surface area contributed by atoms with Gasteiger partial charge in [0.05, 0.1) is 9.52 Å². The van der Waals surface area contributed by atoms with Crippen LogP contribution in [0.15, 0.2) is 108 Å². The Morgan fingerprint density at radius 3 is 1.87 bits per heavy atom. The Morgan fingerprint density at radius 1 is 0.452 bits per heavy atom. The van der Waals surface area contributed by atoms with E-state index in [4.69, 9.17) is 0 Å². The molecule has 0 bridgehead atoms. The molecule has 1 heteroatoms. The first-order valence-electron chi connectivity index (χ1n) is 10.9. The van der Waals surface area contributed by atoms with Crippen molar-refractivity contribution >= 4 is 69.0 Å². The van der Waals surface area contributed by atoms with Crippen LogP contribution in [0.3, 0.4) is 0 Å². The second-order valence-electron chi connectivity index (χ2n) is 8.55. The summed E-state index contributed by atoms with van der Waals surface area (Å²) in [7, 11) is -0.212. The lowest BCUT2D eigenvalue weighted by Gasteiger charge is -2.14. The highest BCUT2D eigenvalue weighted by Crippen LogP contribution is 2.39. The first-order chi connectivity index (χ1) is 15.3. The first-order valence-corrected chi connectivity index (χ1v) is 12.6. The summed E-state index contributed by atoms with van der Waals surface area (Å²) in [5.41, 5.74) is 7.68. The van der Waals surface area contributed by atoms with Crippen LogP contribution in [-0.2, 0) is 0 Å². The highest BCUT2D eigenvalue weighted by Gasteiger charge is 2.14. The van der Waals surface area contributed by atoms with Gasteiger partial charge < -0.3 is 0 Å². The maximum atomic E-state index is 2.48. The predicted molar refractivity (Wildman–Crippen MR) is 140 cm³/mol. The summed E-state index contributed by atoms with van der Waals surface area (Å²) in [5, 5.41) is 13.2. The normalized spacial score (nSPS) is 14.5. The average Bonchev–Trinajstić information content (AvgIpc) is 3.34. The highest BCUT2D eigenvalue weighted by molar-refractivity contribution is 6.52.